The van der Waals surface area contributed by atoms with Crippen LogP contribution in [0.5, 0.6) is 23.0 Å². The topological polar surface area (TPSA) is 99.9 Å². The number of aliphatic carboxylic acids is 1. The Hall–Kier alpha value is -3.03. The SMILES string of the molecule is O=C(O)C(CC1CCCCC1)n1ncc(Oc2cccc3c2OCCO3)cc1=O. The number of hydrogen-bond donors (Lipinski definition) is 1. The summed E-state index contributed by atoms with van der Waals surface area (Å²) < 4.78 is 17.9. The number of benzene rings is 1. The van der Waals surface area contributed by atoms with Crippen LogP contribution in [0, 0.1) is 5.92 Å². The number of nitrogens with zero attached hydrogens (tertiary/aromatic N) is 2. The van der Waals surface area contributed by atoms with Gasteiger partial charge in [0.1, 0.15) is 13.2 Å². The molecule has 29 heavy (non-hydrogen) atoms. The molecule has 1 saturated carbocycles. The van der Waals surface area contributed by atoms with E-state index in [9.17, 15) is 14.7 Å². The summed E-state index contributed by atoms with van der Waals surface area (Å²) in [6, 6.07) is 5.54. The number of rotatable bonds is 6. The average Bonchev–Trinajstić information content (AvgIpc) is 2.73. The lowest BCUT2D eigenvalue weighted by atomic mass is 9.85. The summed E-state index contributed by atoms with van der Waals surface area (Å²) in [5.74, 6) is 0.954. The third-order valence-electron chi connectivity index (χ3n) is 5.42. The Morgan fingerprint density at radius 1 is 1.24 bits per heavy atom. The van der Waals surface area contributed by atoms with Crippen molar-refractivity contribution in [2.75, 3.05) is 13.2 Å². The van der Waals surface area contributed by atoms with Crippen molar-refractivity contribution in [3.05, 3.63) is 40.8 Å². The van der Waals surface area contributed by atoms with E-state index in [1.807, 2.05) is 0 Å². The van der Waals surface area contributed by atoms with Gasteiger partial charge in [-0.15, -0.1) is 0 Å². The highest BCUT2D eigenvalue weighted by Crippen LogP contribution is 2.40. The van der Waals surface area contributed by atoms with Crippen LogP contribution in [-0.2, 0) is 4.79 Å². The standard InChI is InChI=1S/C21H24N2O6/c24-19-12-15(29-18-8-4-7-17-20(18)28-10-9-27-17)13-22-23(19)16(21(25)26)11-14-5-2-1-3-6-14/h4,7-8,12-14,16H,1-3,5-6,9-11H2,(H,25,26). The molecule has 4 rings (SSSR count). The molecule has 0 bridgehead atoms. The molecule has 2 aromatic rings. The predicted molar refractivity (Wildman–Crippen MR) is 104 cm³/mol. The first-order valence-corrected chi connectivity index (χ1v) is 10.00. The van der Waals surface area contributed by atoms with E-state index in [1.165, 1.54) is 18.7 Å². The van der Waals surface area contributed by atoms with Crippen molar-refractivity contribution in [1.82, 2.24) is 9.78 Å². The Labute approximate surface area is 168 Å². The van der Waals surface area contributed by atoms with Gasteiger partial charge in [0.25, 0.3) is 5.56 Å². The molecule has 0 spiro atoms. The lowest BCUT2D eigenvalue weighted by Gasteiger charge is -2.25. The molecule has 1 aliphatic heterocycles. The van der Waals surface area contributed by atoms with Crippen LogP contribution in [0.25, 0.3) is 0 Å². The second-order valence-corrected chi connectivity index (χ2v) is 7.45. The average molecular weight is 400 g/mol. The summed E-state index contributed by atoms with van der Waals surface area (Å²) in [4.78, 5) is 24.4. The molecule has 1 unspecified atom stereocenters. The number of aromatic nitrogens is 2. The number of carbonyl (C=O) groups is 1. The highest BCUT2D eigenvalue weighted by Gasteiger charge is 2.27. The van der Waals surface area contributed by atoms with Gasteiger partial charge in [0.05, 0.1) is 6.20 Å². The maximum Gasteiger partial charge on any atom is 0.328 e. The van der Waals surface area contributed by atoms with Gasteiger partial charge in [-0.2, -0.15) is 5.10 Å². The first-order valence-electron chi connectivity index (χ1n) is 10.00. The lowest BCUT2D eigenvalue weighted by Crippen LogP contribution is -2.33. The second-order valence-electron chi connectivity index (χ2n) is 7.45. The third-order valence-corrected chi connectivity index (χ3v) is 5.42. The van der Waals surface area contributed by atoms with Crippen molar-refractivity contribution in [3.63, 3.8) is 0 Å². The first kappa shape index (κ1) is 19.3. The fourth-order valence-electron chi connectivity index (χ4n) is 3.99. The zero-order valence-electron chi connectivity index (χ0n) is 16.1. The summed E-state index contributed by atoms with van der Waals surface area (Å²) in [6.45, 7) is 0.875. The Balaban J connectivity index is 1.54. The maximum absolute atomic E-state index is 12.6. The molecule has 2 aliphatic rings. The van der Waals surface area contributed by atoms with Gasteiger partial charge in [0.15, 0.2) is 23.3 Å². The normalized spacial score (nSPS) is 17.5. The summed E-state index contributed by atoms with van der Waals surface area (Å²) >= 11 is 0. The van der Waals surface area contributed by atoms with Crippen LogP contribution >= 0.6 is 0 Å². The molecule has 2 heterocycles. The molecule has 1 fully saturated rings. The van der Waals surface area contributed by atoms with Gasteiger partial charge in [-0.3, -0.25) is 4.79 Å². The molecule has 154 valence electrons. The fourth-order valence-corrected chi connectivity index (χ4v) is 3.99. The minimum absolute atomic E-state index is 0.218. The smallest absolute Gasteiger partial charge is 0.328 e. The summed E-state index contributed by atoms with van der Waals surface area (Å²) in [5, 5.41) is 13.8. The van der Waals surface area contributed by atoms with E-state index >= 15 is 0 Å². The molecular formula is C21H24N2O6. The number of ether oxygens (including phenoxy) is 3. The van der Waals surface area contributed by atoms with Crippen molar-refractivity contribution >= 4 is 5.97 Å². The van der Waals surface area contributed by atoms with Crippen molar-refractivity contribution in [2.45, 2.75) is 44.6 Å². The largest absolute Gasteiger partial charge is 0.486 e. The number of para-hydroxylation sites is 1. The zero-order valence-corrected chi connectivity index (χ0v) is 16.1. The van der Waals surface area contributed by atoms with Crippen molar-refractivity contribution in [1.29, 1.82) is 0 Å². The molecule has 1 aromatic carbocycles. The Morgan fingerprint density at radius 2 is 2.03 bits per heavy atom. The number of fused-ring (bicyclic) bond motifs is 1. The van der Waals surface area contributed by atoms with Gasteiger partial charge < -0.3 is 19.3 Å². The number of hydrogen-bond acceptors (Lipinski definition) is 6. The van der Waals surface area contributed by atoms with Gasteiger partial charge in [-0.05, 0) is 24.5 Å². The van der Waals surface area contributed by atoms with Crippen LogP contribution < -0.4 is 19.8 Å². The van der Waals surface area contributed by atoms with Crippen LogP contribution in [0.3, 0.4) is 0 Å². The number of carboxylic acid groups (broad SMARTS) is 1. The molecular weight excluding hydrogens is 376 g/mol. The second kappa shape index (κ2) is 8.55. The van der Waals surface area contributed by atoms with E-state index in [1.54, 1.807) is 18.2 Å². The highest BCUT2D eigenvalue weighted by molar-refractivity contribution is 5.71. The first-order chi connectivity index (χ1) is 14.1. The van der Waals surface area contributed by atoms with E-state index in [0.717, 1.165) is 30.4 Å². The van der Waals surface area contributed by atoms with Gasteiger partial charge in [0.2, 0.25) is 5.75 Å². The molecule has 1 N–H and O–H groups in total. The fraction of sp³-hybridized carbons (Fsp3) is 0.476. The molecule has 0 radical (unpaired) electrons. The molecule has 1 aliphatic carbocycles. The van der Waals surface area contributed by atoms with Gasteiger partial charge in [-0.1, -0.05) is 38.2 Å². The van der Waals surface area contributed by atoms with E-state index in [2.05, 4.69) is 5.10 Å². The summed E-state index contributed by atoms with van der Waals surface area (Å²) in [6.07, 6.45) is 7.19. The monoisotopic (exact) mass is 400 g/mol. The van der Waals surface area contributed by atoms with E-state index < -0.39 is 17.6 Å². The summed E-state index contributed by atoms with van der Waals surface area (Å²) in [5.41, 5.74) is -0.507. The van der Waals surface area contributed by atoms with E-state index in [-0.39, 0.29) is 5.75 Å². The van der Waals surface area contributed by atoms with Crippen LogP contribution in [0.2, 0.25) is 0 Å². The van der Waals surface area contributed by atoms with Crippen LogP contribution in [-0.4, -0.2) is 34.1 Å². The van der Waals surface area contributed by atoms with Crippen molar-refractivity contribution in [3.8, 4) is 23.0 Å². The highest BCUT2D eigenvalue weighted by atomic mass is 16.6. The lowest BCUT2D eigenvalue weighted by molar-refractivity contribution is -0.142. The Morgan fingerprint density at radius 3 is 2.79 bits per heavy atom. The van der Waals surface area contributed by atoms with Gasteiger partial charge in [-0.25, -0.2) is 9.48 Å². The van der Waals surface area contributed by atoms with Crippen molar-refractivity contribution in [2.24, 2.45) is 5.92 Å². The Bertz CT molecular complexity index is 935. The predicted octanol–water partition coefficient (Wildman–Crippen LogP) is 3.40. The molecule has 0 amide bonds. The van der Waals surface area contributed by atoms with Crippen LogP contribution in [0.4, 0.5) is 0 Å². The van der Waals surface area contributed by atoms with E-state index in [0.29, 0.717) is 42.8 Å². The summed E-state index contributed by atoms with van der Waals surface area (Å²) in [7, 11) is 0. The van der Waals surface area contributed by atoms with Gasteiger partial charge >= 0.3 is 5.97 Å². The molecule has 1 aromatic heterocycles. The van der Waals surface area contributed by atoms with Crippen LogP contribution in [0.15, 0.2) is 35.3 Å². The minimum Gasteiger partial charge on any atom is -0.486 e. The molecule has 8 nitrogen and oxygen atoms in total. The van der Waals surface area contributed by atoms with Crippen molar-refractivity contribution < 1.29 is 24.1 Å². The van der Waals surface area contributed by atoms with E-state index in [4.69, 9.17) is 14.2 Å². The minimum atomic E-state index is -1.04. The number of carboxylic acids is 1. The third kappa shape index (κ3) is 4.36. The molecule has 1 atom stereocenters. The zero-order chi connectivity index (χ0) is 20.2. The van der Waals surface area contributed by atoms with Gasteiger partial charge in [0, 0.05) is 6.07 Å². The quantitative estimate of drug-likeness (QED) is 0.793. The molecule has 0 saturated heterocycles. The molecule has 8 heteroatoms. The van der Waals surface area contributed by atoms with Crippen LogP contribution in [0.1, 0.15) is 44.6 Å². The maximum atomic E-state index is 12.6. The Kier molecular flexibility index (Phi) is 5.69.